The summed E-state index contributed by atoms with van der Waals surface area (Å²) >= 11 is 0. The maximum Gasteiger partial charge on any atom is 0.256 e. The Labute approximate surface area is 217 Å². The van der Waals surface area contributed by atoms with Crippen LogP contribution in [0.4, 0.5) is 0 Å². The van der Waals surface area contributed by atoms with Gasteiger partial charge in [-0.25, -0.2) is 0 Å². The smallest absolute Gasteiger partial charge is 0.256 e. The number of benzene rings is 5. The minimum Gasteiger partial charge on any atom is -0.458 e. The van der Waals surface area contributed by atoms with E-state index in [9.17, 15) is 0 Å². The van der Waals surface area contributed by atoms with Gasteiger partial charge < -0.3 is 9.30 Å². The van der Waals surface area contributed by atoms with Gasteiger partial charge in [-0.15, -0.1) is 0 Å². The van der Waals surface area contributed by atoms with Gasteiger partial charge in [0.05, 0.1) is 5.52 Å². The quantitative estimate of drug-likeness (QED) is 0.242. The van der Waals surface area contributed by atoms with Crippen LogP contribution in [-0.4, -0.2) is 11.3 Å². The second kappa shape index (κ2) is 7.17. The van der Waals surface area contributed by atoms with Crippen LogP contribution in [0.2, 0.25) is 0 Å². The Kier molecular flexibility index (Phi) is 4.05. The Morgan fingerprint density at radius 1 is 0.649 bits per heavy atom. The molecule has 0 fully saturated rings. The number of aromatic nitrogens is 1. The molecule has 0 saturated carbocycles. The van der Waals surface area contributed by atoms with Gasteiger partial charge >= 0.3 is 0 Å². The number of para-hydroxylation sites is 2. The largest absolute Gasteiger partial charge is 0.458 e. The Morgan fingerprint density at radius 2 is 1.43 bits per heavy atom. The summed E-state index contributed by atoms with van der Waals surface area (Å²) in [4.78, 5) is 0. The maximum absolute atomic E-state index is 6.74. The van der Waals surface area contributed by atoms with E-state index in [2.05, 4.69) is 128 Å². The first-order valence-electron chi connectivity index (χ1n) is 13.1. The normalized spacial score (nSPS) is 13.4. The Balaban J connectivity index is 1.53. The molecule has 0 N–H and O–H groups in total. The van der Waals surface area contributed by atoms with Crippen molar-refractivity contribution in [3.63, 3.8) is 0 Å². The highest BCUT2D eigenvalue weighted by atomic mass is 16.5. The number of nitrogens with zero attached hydrogens (tertiary/aromatic N) is 1. The van der Waals surface area contributed by atoms with Gasteiger partial charge in [0.2, 0.25) is 0 Å². The molecule has 3 heterocycles. The minimum atomic E-state index is 0.0604. The average Bonchev–Trinajstić information content (AvgIpc) is 3.26. The zero-order valence-electron chi connectivity index (χ0n) is 21.2. The van der Waals surface area contributed by atoms with Crippen LogP contribution >= 0.6 is 0 Å². The number of hydrogen-bond acceptors (Lipinski definition) is 1. The first-order chi connectivity index (χ1) is 18.0. The highest BCUT2D eigenvalue weighted by Gasteiger charge is 2.41. The van der Waals surface area contributed by atoms with E-state index >= 15 is 0 Å². The van der Waals surface area contributed by atoms with Crippen molar-refractivity contribution in [2.75, 3.05) is 0 Å². The van der Waals surface area contributed by atoms with Crippen molar-refractivity contribution >= 4 is 44.9 Å². The van der Waals surface area contributed by atoms with Gasteiger partial charge in [-0.1, -0.05) is 99.6 Å². The zero-order valence-corrected chi connectivity index (χ0v) is 21.2. The molecule has 6 aromatic rings. The molecule has 176 valence electrons. The molecule has 0 aliphatic carbocycles. The van der Waals surface area contributed by atoms with Gasteiger partial charge in [0.15, 0.2) is 0 Å². The molecule has 8 rings (SSSR count). The Morgan fingerprint density at radius 3 is 2.27 bits per heavy atom. The van der Waals surface area contributed by atoms with Gasteiger partial charge in [-0.2, -0.15) is 0 Å². The number of hydrogen-bond donors (Lipinski definition) is 0. The summed E-state index contributed by atoms with van der Waals surface area (Å²) < 4.78 is 9.22. The predicted octanol–water partition coefficient (Wildman–Crippen LogP) is 6.68. The lowest BCUT2D eigenvalue weighted by molar-refractivity contribution is 0.486. The number of ether oxygens (including phenoxy) is 1. The predicted molar refractivity (Wildman–Crippen MR) is 156 cm³/mol. The third-order valence-corrected chi connectivity index (χ3v) is 8.20. The molecule has 2 nitrogen and oxygen atoms in total. The fraction of sp³-hybridized carbons (Fsp3) is 0.118. The molecule has 0 atom stereocenters. The first kappa shape index (κ1) is 20.9. The van der Waals surface area contributed by atoms with Crippen molar-refractivity contribution in [3.05, 3.63) is 109 Å². The van der Waals surface area contributed by atoms with E-state index in [1.54, 1.807) is 0 Å². The Hall–Kier alpha value is -4.24. The molecule has 37 heavy (non-hydrogen) atoms. The number of fused-ring (bicyclic) bond motifs is 7. The molecule has 0 unspecified atom stereocenters. The fourth-order valence-electron chi connectivity index (χ4n) is 6.43. The summed E-state index contributed by atoms with van der Waals surface area (Å²) in [7, 11) is 0. The van der Waals surface area contributed by atoms with Crippen molar-refractivity contribution in [1.29, 1.82) is 0 Å². The molecule has 1 aromatic heterocycles. The number of rotatable bonds is 1. The molecule has 0 spiro atoms. The van der Waals surface area contributed by atoms with Gasteiger partial charge in [0.25, 0.3) is 6.71 Å². The summed E-state index contributed by atoms with van der Waals surface area (Å²) in [6.45, 7) is 6.97. The SMILES string of the molecule is CC(C)(C)c1ccc2c(c1)B1c3c(cc(-c4ccccc4)cc3-n3c4ccccc4c4cccc1c43)O2. The first-order valence-corrected chi connectivity index (χ1v) is 13.1. The average molecular weight is 475 g/mol. The molecular formula is C34H26BNO. The van der Waals surface area contributed by atoms with E-state index in [4.69, 9.17) is 4.74 Å². The maximum atomic E-state index is 6.74. The van der Waals surface area contributed by atoms with E-state index in [1.165, 1.54) is 60.6 Å². The Bertz CT molecular complexity index is 1890. The van der Waals surface area contributed by atoms with Crippen LogP contribution in [0.25, 0.3) is 38.6 Å². The second-order valence-electron chi connectivity index (χ2n) is 11.4. The van der Waals surface area contributed by atoms with Crippen LogP contribution in [0.5, 0.6) is 11.5 Å². The highest BCUT2D eigenvalue weighted by Crippen LogP contribution is 2.39. The summed E-state index contributed by atoms with van der Waals surface area (Å²) in [5, 5.41) is 2.60. The summed E-state index contributed by atoms with van der Waals surface area (Å²) in [6, 6.07) is 37.6. The molecule has 2 aliphatic rings. The molecule has 5 aromatic carbocycles. The molecule has 0 radical (unpaired) electrons. The van der Waals surface area contributed by atoms with E-state index in [0.717, 1.165) is 11.5 Å². The monoisotopic (exact) mass is 475 g/mol. The van der Waals surface area contributed by atoms with Crippen LogP contribution in [0, 0.1) is 0 Å². The summed E-state index contributed by atoms with van der Waals surface area (Å²) in [5.74, 6) is 1.92. The zero-order chi connectivity index (χ0) is 24.9. The third-order valence-electron chi connectivity index (χ3n) is 8.20. The lowest BCUT2D eigenvalue weighted by atomic mass is 9.34. The molecular weight excluding hydrogens is 449 g/mol. The second-order valence-corrected chi connectivity index (χ2v) is 11.4. The van der Waals surface area contributed by atoms with Crippen LogP contribution in [0.3, 0.4) is 0 Å². The summed E-state index contributed by atoms with van der Waals surface area (Å²) in [5.41, 5.74) is 11.4. The lowest BCUT2D eigenvalue weighted by Gasteiger charge is -2.34. The summed E-state index contributed by atoms with van der Waals surface area (Å²) in [6.07, 6.45) is 0. The van der Waals surface area contributed by atoms with E-state index < -0.39 is 0 Å². The van der Waals surface area contributed by atoms with Gasteiger partial charge in [0.1, 0.15) is 11.5 Å². The lowest BCUT2D eigenvalue weighted by Crippen LogP contribution is -2.58. The standard InChI is InChI=1S/C34H26BNO/c1-34(2,3)23-16-17-30-27(20-23)35-26-14-9-13-25-24-12-7-8-15-28(24)36(33(25)26)29-18-22(19-31(37-30)32(29)35)21-10-5-4-6-11-21/h4-20H,1-3H3. The molecule has 2 aliphatic heterocycles. The molecule has 0 amide bonds. The molecule has 0 bridgehead atoms. The molecule has 3 heteroatoms. The van der Waals surface area contributed by atoms with Crippen LogP contribution in [0.15, 0.2) is 103 Å². The van der Waals surface area contributed by atoms with Gasteiger partial charge in [-0.3, -0.25) is 0 Å². The topological polar surface area (TPSA) is 14.2 Å². The van der Waals surface area contributed by atoms with Crippen molar-refractivity contribution in [2.45, 2.75) is 26.2 Å². The van der Waals surface area contributed by atoms with Crippen LogP contribution < -0.4 is 21.1 Å². The van der Waals surface area contributed by atoms with E-state index in [1.807, 2.05) is 0 Å². The van der Waals surface area contributed by atoms with Crippen molar-refractivity contribution in [1.82, 2.24) is 4.57 Å². The molecule has 0 saturated heterocycles. The van der Waals surface area contributed by atoms with Crippen molar-refractivity contribution in [2.24, 2.45) is 0 Å². The van der Waals surface area contributed by atoms with E-state index in [-0.39, 0.29) is 12.1 Å². The van der Waals surface area contributed by atoms with Crippen molar-refractivity contribution < 1.29 is 4.74 Å². The van der Waals surface area contributed by atoms with Crippen molar-refractivity contribution in [3.8, 4) is 28.3 Å². The highest BCUT2D eigenvalue weighted by molar-refractivity contribution is 6.99. The van der Waals surface area contributed by atoms with Gasteiger partial charge in [-0.05, 0) is 62.8 Å². The fourth-order valence-corrected chi connectivity index (χ4v) is 6.43. The van der Waals surface area contributed by atoms with Gasteiger partial charge in [0, 0.05) is 22.0 Å². The van der Waals surface area contributed by atoms with Crippen LogP contribution in [-0.2, 0) is 5.41 Å². The minimum absolute atomic E-state index is 0.0604. The third kappa shape index (κ3) is 2.83. The van der Waals surface area contributed by atoms with Crippen LogP contribution in [0.1, 0.15) is 26.3 Å². The van der Waals surface area contributed by atoms with E-state index in [0.29, 0.717) is 0 Å².